The first kappa shape index (κ1) is 11.1. The van der Waals surface area contributed by atoms with Gasteiger partial charge in [0, 0.05) is 0 Å². The van der Waals surface area contributed by atoms with Crippen molar-refractivity contribution in [1.29, 1.82) is 5.26 Å². The van der Waals surface area contributed by atoms with Crippen molar-refractivity contribution >= 4 is 5.97 Å². The third kappa shape index (κ3) is 2.99. The topological polar surface area (TPSA) is 70.3 Å². The van der Waals surface area contributed by atoms with Gasteiger partial charge in [-0.1, -0.05) is 12.1 Å². The fourth-order valence-corrected chi connectivity index (χ4v) is 1.25. The van der Waals surface area contributed by atoms with Crippen LogP contribution in [0.3, 0.4) is 0 Å². The molecule has 0 heterocycles. The summed E-state index contributed by atoms with van der Waals surface area (Å²) >= 11 is 0. The highest BCUT2D eigenvalue weighted by molar-refractivity contribution is 5.68. The van der Waals surface area contributed by atoms with Gasteiger partial charge in [-0.05, 0) is 17.7 Å². The number of hydrogen-bond acceptors (Lipinski definition) is 3. The van der Waals surface area contributed by atoms with Crippen molar-refractivity contribution in [3.8, 4) is 11.8 Å². The molecule has 1 aromatic rings. The lowest BCUT2D eigenvalue weighted by atomic mass is 9.97. The van der Waals surface area contributed by atoms with Crippen molar-refractivity contribution in [3.63, 3.8) is 0 Å². The number of hydrogen-bond donors (Lipinski definition) is 1. The zero-order valence-electron chi connectivity index (χ0n) is 8.30. The van der Waals surface area contributed by atoms with E-state index in [0.717, 1.165) is 0 Å². The van der Waals surface area contributed by atoms with Gasteiger partial charge in [0.15, 0.2) is 0 Å². The molecule has 0 radical (unpaired) electrons. The fourth-order valence-electron chi connectivity index (χ4n) is 1.25. The van der Waals surface area contributed by atoms with Crippen LogP contribution in [0.4, 0.5) is 0 Å². The van der Waals surface area contributed by atoms with Gasteiger partial charge in [-0.15, -0.1) is 0 Å². The zero-order valence-corrected chi connectivity index (χ0v) is 8.30. The summed E-state index contributed by atoms with van der Waals surface area (Å²) in [5.41, 5.74) is 0.695. The Hall–Kier alpha value is -2.02. The first-order valence-electron chi connectivity index (χ1n) is 4.42. The first-order chi connectivity index (χ1) is 7.17. The molecule has 1 atom stereocenters. The molecule has 0 aromatic heterocycles. The Labute approximate surface area is 87.7 Å². The van der Waals surface area contributed by atoms with E-state index >= 15 is 0 Å². The highest BCUT2D eigenvalue weighted by Gasteiger charge is 2.14. The average molecular weight is 205 g/mol. The normalized spacial score (nSPS) is 11.5. The molecule has 0 aliphatic rings. The average Bonchev–Trinajstić information content (AvgIpc) is 2.26. The van der Waals surface area contributed by atoms with Crippen LogP contribution in [-0.4, -0.2) is 18.2 Å². The monoisotopic (exact) mass is 205 g/mol. The summed E-state index contributed by atoms with van der Waals surface area (Å²) in [6.07, 6.45) is -0.178. The van der Waals surface area contributed by atoms with E-state index < -0.39 is 11.9 Å². The molecule has 0 bridgehead atoms. The third-order valence-electron chi connectivity index (χ3n) is 2.05. The van der Waals surface area contributed by atoms with Gasteiger partial charge >= 0.3 is 5.97 Å². The number of methoxy groups -OCH3 is 1. The van der Waals surface area contributed by atoms with Gasteiger partial charge in [0.1, 0.15) is 5.75 Å². The molecule has 78 valence electrons. The predicted molar refractivity (Wildman–Crippen MR) is 53.6 cm³/mol. The summed E-state index contributed by atoms with van der Waals surface area (Å²) in [6.45, 7) is 0. The van der Waals surface area contributed by atoms with Gasteiger partial charge in [-0.25, -0.2) is 0 Å². The van der Waals surface area contributed by atoms with Crippen LogP contribution in [0.1, 0.15) is 17.9 Å². The van der Waals surface area contributed by atoms with Crippen molar-refractivity contribution < 1.29 is 14.6 Å². The summed E-state index contributed by atoms with van der Waals surface area (Å²) in [5.74, 6) is -0.892. The van der Waals surface area contributed by atoms with E-state index in [9.17, 15) is 4.79 Å². The van der Waals surface area contributed by atoms with Crippen LogP contribution < -0.4 is 4.74 Å². The molecule has 1 aromatic carbocycles. The number of ether oxygens (including phenoxy) is 1. The molecule has 0 aliphatic heterocycles. The van der Waals surface area contributed by atoms with Crippen LogP contribution in [-0.2, 0) is 4.79 Å². The Balaban J connectivity index is 2.84. The van der Waals surface area contributed by atoms with Gasteiger partial charge in [0.25, 0.3) is 0 Å². The lowest BCUT2D eigenvalue weighted by Crippen LogP contribution is -2.04. The lowest BCUT2D eigenvalue weighted by molar-refractivity contribution is -0.137. The molecule has 4 heteroatoms. The number of nitriles is 1. The molecule has 0 unspecified atom stereocenters. The van der Waals surface area contributed by atoms with Crippen LogP contribution >= 0.6 is 0 Å². The van der Waals surface area contributed by atoms with Gasteiger partial charge in [-0.3, -0.25) is 4.79 Å². The van der Waals surface area contributed by atoms with E-state index in [1.54, 1.807) is 31.4 Å². The van der Waals surface area contributed by atoms with E-state index in [4.69, 9.17) is 15.1 Å². The molecule has 0 aliphatic carbocycles. The first-order valence-corrected chi connectivity index (χ1v) is 4.42. The second kappa shape index (κ2) is 5.01. The number of aliphatic carboxylic acids is 1. The maximum absolute atomic E-state index is 10.5. The number of benzene rings is 1. The van der Waals surface area contributed by atoms with Crippen molar-refractivity contribution in [2.24, 2.45) is 0 Å². The molecule has 1 N–H and O–H groups in total. The molecule has 0 spiro atoms. The summed E-state index contributed by atoms with van der Waals surface area (Å²) < 4.78 is 4.96. The number of carbonyl (C=O) groups is 1. The summed E-state index contributed by atoms with van der Waals surface area (Å²) in [5, 5.41) is 17.4. The van der Waals surface area contributed by atoms with Crippen molar-refractivity contribution in [1.82, 2.24) is 0 Å². The molecule has 0 saturated carbocycles. The van der Waals surface area contributed by atoms with Crippen LogP contribution in [0.2, 0.25) is 0 Å². The SMILES string of the molecule is COc1ccc([C@H](C#N)CC(=O)O)cc1. The largest absolute Gasteiger partial charge is 0.497 e. The van der Waals surface area contributed by atoms with Crippen LogP contribution in [0.25, 0.3) is 0 Å². The highest BCUT2D eigenvalue weighted by atomic mass is 16.5. The molecule has 4 nitrogen and oxygen atoms in total. The highest BCUT2D eigenvalue weighted by Crippen LogP contribution is 2.21. The minimum absolute atomic E-state index is 0.178. The van der Waals surface area contributed by atoms with Gasteiger partial charge in [0.05, 0.1) is 25.5 Å². The van der Waals surface area contributed by atoms with Gasteiger partial charge in [0.2, 0.25) is 0 Å². The molecular formula is C11H11NO3. The standard InChI is InChI=1S/C11H11NO3/c1-15-10-4-2-8(3-5-10)9(7-12)6-11(13)14/h2-5,9H,6H2,1H3,(H,13,14)/t9-/m0/s1. The Bertz CT molecular complexity index is 378. The quantitative estimate of drug-likeness (QED) is 0.813. The van der Waals surface area contributed by atoms with E-state index in [-0.39, 0.29) is 6.42 Å². The Morgan fingerprint density at radius 1 is 1.53 bits per heavy atom. The van der Waals surface area contributed by atoms with Crippen molar-refractivity contribution in [3.05, 3.63) is 29.8 Å². The van der Waals surface area contributed by atoms with E-state index in [2.05, 4.69) is 0 Å². The van der Waals surface area contributed by atoms with Gasteiger partial charge in [-0.2, -0.15) is 5.26 Å². The number of rotatable bonds is 4. The Morgan fingerprint density at radius 2 is 2.13 bits per heavy atom. The van der Waals surface area contributed by atoms with Crippen LogP contribution in [0, 0.1) is 11.3 Å². The minimum atomic E-state index is -0.975. The second-order valence-corrected chi connectivity index (χ2v) is 3.05. The zero-order chi connectivity index (χ0) is 11.3. The lowest BCUT2D eigenvalue weighted by Gasteiger charge is -2.07. The fraction of sp³-hybridized carbons (Fsp3) is 0.273. The smallest absolute Gasteiger partial charge is 0.305 e. The number of carboxylic acids is 1. The molecule has 0 fully saturated rings. The van der Waals surface area contributed by atoms with Crippen LogP contribution in [0.15, 0.2) is 24.3 Å². The predicted octanol–water partition coefficient (Wildman–Crippen LogP) is 1.78. The Morgan fingerprint density at radius 3 is 2.53 bits per heavy atom. The van der Waals surface area contributed by atoms with E-state index in [0.29, 0.717) is 11.3 Å². The molecular weight excluding hydrogens is 194 g/mol. The maximum Gasteiger partial charge on any atom is 0.305 e. The Kier molecular flexibility index (Phi) is 3.69. The van der Waals surface area contributed by atoms with Crippen molar-refractivity contribution in [2.75, 3.05) is 7.11 Å². The number of carboxylic acid groups (broad SMARTS) is 1. The second-order valence-electron chi connectivity index (χ2n) is 3.05. The number of nitrogens with zero attached hydrogens (tertiary/aromatic N) is 1. The van der Waals surface area contributed by atoms with E-state index in [1.807, 2.05) is 6.07 Å². The van der Waals surface area contributed by atoms with Gasteiger partial charge < -0.3 is 9.84 Å². The maximum atomic E-state index is 10.5. The molecule has 1 rings (SSSR count). The summed E-state index contributed by atoms with van der Waals surface area (Å²) in [4.78, 5) is 10.5. The minimum Gasteiger partial charge on any atom is -0.497 e. The molecule has 0 amide bonds. The third-order valence-corrected chi connectivity index (χ3v) is 2.05. The van der Waals surface area contributed by atoms with E-state index in [1.165, 1.54) is 0 Å². The summed E-state index contributed by atoms with van der Waals surface area (Å²) in [7, 11) is 1.55. The van der Waals surface area contributed by atoms with Crippen molar-refractivity contribution in [2.45, 2.75) is 12.3 Å². The summed E-state index contributed by atoms with van der Waals surface area (Å²) in [6, 6.07) is 8.79. The molecule has 0 saturated heterocycles. The molecule has 15 heavy (non-hydrogen) atoms. The van der Waals surface area contributed by atoms with Crippen LogP contribution in [0.5, 0.6) is 5.75 Å².